The van der Waals surface area contributed by atoms with E-state index in [-0.39, 0.29) is 0 Å². The monoisotopic (exact) mass is 221 g/mol. The zero-order valence-electron chi connectivity index (χ0n) is 11.4. The van der Waals surface area contributed by atoms with Crippen molar-refractivity contribution in [3.63, 3.8) is 0 Å². The Morgan fingerprint density at radius 1 is 0.938 bits per heavy atom. The van der Waals surface area contributed by atoms with E-state index in [4.69, 9.17) is 0 Å². The number of unbranched alkanes of at least 4 members (excludes halogenated alkanes) is 2. The summed E-state index contributed by atoms with van der Waals surface area (Å²) in [6, 6.07) is 10.7. The maximum absolute atomic E-state index is 2.44. The van der Waals surface area contributed by atoms with Crippen molar-refractivity contribution in [1.82, 2.24) is 0 Å². The number of para-hydroxylation sites is 1. The summed E-state index contributed by atoms with van der Waals surface area (Å²) in [6.45, 7) is 10.8. The molecule has 0 heterocycles. The molecule has 0 atom stereocenters. The van der Waals surface area contributed by atoms with Crippen LogP contribution in [0.3, 0.4) is 0 Å². The second kappa shape index (κ2) is 10.5. The molecule has 16 heavy (non-hydrogen) atoms. The second-order valence-corrected chi connectivity index (χ2v) is 3.62. The summed E-state index contributed by atoms with van der Waals surface area (Å²) < 4.78 is 0. The lowest BCUT2D eigenvalue weighted by atomic mass is 10.2. The molecule has 0 aromatic heterocycles. The van der Waals surface area contributed by atoms with Crippen molar-refractivity contribution in [2.75, 3.05) is 18.0 Å². The molecule has 0 N–H and O–H groups in total. The standard InChI is InChI=1S/C13H21N.C2H6/c1-3-5-9-12-14(4-2)13-10-7-6-8-11-13;1-2/h6-8,10-11H,3-5,9,12H2,1-2H3;1-2H3. The van der Waals surface area contributed by atoms with Gasteiger partial charge in [-0.1, -0.05) is 51.8 Å². The molecule has 92 valence electrons. The van der Waals surface area contributed by atoms with E-state index in [0.717, 1.165) is 6.54 Å². The normalized spacial score (nSPS) is 9.25. The van der Waals surface area contributed by atoms with Crippen LogP contribution in [0.5, 0.6) is 0 Å². The minimum atomic E-state index is 1.10. The minimum absolute atomic E-state index is 1.10. The summed E-state index contributed by atoms with van der Waals surface area (Å²) in [5.74, 6) is 0. The first-order valence-electron chi connectivity index (χ1n) is 6.68. The number of nitrogens with zero attached hydrogens (tertiary/aromatic N) is 1. The van der Waals surface area contributed by atoms with Crippen LogP contribution in [0.2, 0.25) is 0 Å². The fourth-order valence-electron chi connectivity index (χ4n) is 1.66. The highest BCUT2D eigenvalue weighted by molar-refractivity contribution is 5.45. The van der Waals surface area contributed by atoms with Crippen molar-refractivity contribution in [2.24, 2.45) is 0 Å². The largest absolute Gasteiger partial charge is 0.372 e. The van der Waals surface area contributed by atoms with Crippen molar-refractivity contribution in [3.8, 4) is 0 Å². The lowest BCUT2D eigenvalue weighted by molar-refractivity contribution is 0.685. The molecule has 0 aliphatic rings. The molecule has 0 aliphatic heterocycles. The molecule has 0 aliphatic carbocycles. The van der Waals surface area contributed by atoms with Crippen molar-refractivity contribution in [2.45, 2.75) is 47.0 Å². The van der Waals surface area contributed by atoms with Gasteiger partial charge in [-0.15, -0.1) is 0 Å². The first kappa shape index (κ1) is 15.0. The highest BCUT2D eigenvalue weighted by atomic mass is 15.1. The van der Waals surface area contributed by atoms with Crippen LogP contribution in [-0.2, 0) is 0 Å². The maximum atomic E-state index is 2.44. The molecule has 1 aromatic carbocycles. The zero-order valence-corrected chi connectivity index (χ0v) is 11.4. The van der Waals surface area contributed by atoms with E-state index in [1.165, 1.54) is 31.5 Å². The molecule has 0 spiro atoms. The third kappa shape index (κ3) is 5.79. The van der Waals surface area contributed by atoms with Crippen molar-refractivity contribution in [1.29, 1.82) is 0 Å². The van der Waals surface area contributed by atoms with E-state index >= 15 is 0 Å². The Hall–Kier alpha value is -0.980. The third-order valence-corrected chi connectivity index (χ3v) is 2.53. The Labute approximate surface area is 101 Å². The average molecular weight is 221 g/mol. The molecular weight excluding hydrogens is 194 g/mol. The van der Waals surface area contributed by atoms with Gasteiger partial charge < -0.3 is 4.90 Å². The van der Waals surface area contributed by atoms with Gasteiger partial charge in [-0.05, 0) is 25.5 Å². The van der Waals surface area contributed by atoms with Gasteiger partial charge in [0.1, 0.15) is 0 Å². The molecule has 0 amide bonds. The van der Waals surface area contributed by atoms with Gasteiger partial charge in [0.15, 0.2) is 0 Å². The topological polar surface area (TPSA) is 3.24 Å². The van der Waals surface area contributed by atoms with E-state index in [1.807, 2.05) is 13.8 Å². The van der Waals surface area contributed by atoms with Gasteiger partial charge >= 0.3 is 0 Å². The molecular formula is C15H27N. The van der Waals surface area contributed by atoms with Crippen molar-refractivity contribution in [3.05, 3.63) is 30.3 Å². The van der Waals surface area contributed by atoms with Crippen LogP contribution in [0.15, 0.2) is 30.3 Å². The first-order chi connectivity index (χ1) is 7.88. The summed E-state index contributed by atoms with van der Waals surface area (Å²) in [4.78, 5) is 2.44. The van der Waals surface area contributed by atoms with E-state index < -0.39 is 0 Å². The molecule has 0 saturated heterocycles. The molecule has 0 unspecified atom stereocenters. The molecule has 1 nitrogen and oxygen atoms in total. The van der Waals surface area contributed by atoms with Gasteiger partial charge in [0.25, 0.3) is 0 Å². The van der Waals surface area contributed by atoms with Crippen LogP contribution >= 0.6 is 0 Å². The first-order valence-corrected chi connectivity index (χ1v) is 6.68. The fourth-order valence-corrected chi connectivity index (χ4v) is 1.66. The summed E-state index contributed by atoms with van der Waals surface area (Å²) in [5, 5.41) is 0. The van der Waals surface area contributed by atoms with E-state index in [0.29, 0.717) is 0 Å². The predicted molar refractivity (Wildman–Crippen MR) is 75.2 cm³/mol. The number of hydrogen-bond acceptors (Lipinski definition) is 1. The molecule has 1 heteroatoms. The fraction of sp³-hybridized carbons (Fsp3) is 0.600. The maximum Gasteiger partial charge on any atom is 0.0366 e. The Morgan fingerprint density at radius 2 is 1.56 bits per heavy atom. The number of rotatable bonds is 6. The SMILES string of the molecule is CC.CCCCCN(CC)c1ccccc1. The van der Waals surface area contributed by atoms with Gasteiger partial charge in [0, 0.05) is 18.8 Å². The lowest BCUT2D eigenvalue weighted by Gasteiger charge is -2.22. The Balaban J connectivity index is 0.00000106. The highest BCUT2D eigenvalue weighted by Gasteiger charge is 2.01. The van der Waals surface area contributed by atoms with Gasteiger partial charge in [0.2, 0.25) is 0 Å². The van der Waals surface area contributed by atoms with Crippen LogP contribution in [0, 0.1) is 0 Å². The van der Waals surface area contributed by atoms with Crippen LogP contribution in [-0.4, -0.2) is 13.1 Å². The quantitative estimate of drug-likeness (QED) is 0.628. The van der Waals surface area contributed by atoms with Gasteiger partial charge in [-0.25, -0.2) is 0 Å². The average Bonchev–Trinajstić information content (AvgIpc) is 2.38. The number of hydrogen-bond donors (Lipinski definition) is 0. The van der Waals surface area contributed by atoms with Crippen LogP contribution in [0.4, 0.5) is 5.69 Å². The van der Waals surface area contributed by atoms with Crippen LogP contribution in [0.25, 0.3) is 0 Å². The Kier molecular flexibility index (Phi) is 9.89. The second-order valence-electron chi connectivity index (χ2n) is 3.62. The predicted octanol–water partition coefficient (Wildman–Crippen LogP) is 4.73. The lowest BCUT2D eigenvalue weighted by Crippen LogP contribution is -2.23. The highest BCUT2D eigenvalue weighted by Crippen LogP contribution is 2.13. The smallest absolute Gasteiger partial charge is 0.0366 e. The van der Waals surface area contributed by atoms with Crippen molar-refractivity contribution < 1.29 is 0 Å². The summed E-state index contributed by atoms with van der Waals surface area (Å²) in [6.07, 6.45) is 3.94. The summed E-state index contributed by atoms with van der Waals surface area (Å²) >= 11 is 0. The molecule has 0 bridgehead atoms. The van der Waals surface area contributed by atoms with Gasteiger partial charge in [-0.2, -0.15) is 0 Å². The van der Waals surface area contributed by atoms with Crippen LogP contribution in [0.1, 0.15) is 47.0 Å². The molecule has 0 radical (unpaired) electrons. The molecule has 0 saturated carbocycles. The van der Waals surface area contributed by atoms with Gasteiger partial charge in [0.05, 0.1) is 0 Å². The van der Waals surface area contributed by atoms with E-state index in [1.54, 1.807) is 0 Å². The number of anilines is 1. The minimum Gasteiger partial charge on any atom is -0.372 e. The third-order valence-electron chi connectivity index (χ3n) is 2.53. The van der Waals surface area contributed by atoms with Gasteiger partial charge in [-0.3, -0.25) is 0 Å². The van der Waals surface area contributed by atoms with E-state index in [9.17, 15) is 0 Å². The molecule has 1 aromatic rings. The number of benzene rings is 1. The zero-order chi connectivity index (χ0) is 12.2. The molecule has 0 fully saturated rings. The molecule has 1 rings (SSSR count). The van der Waals surface area contributed by atoms with E-state index in [2.05, 4.69) is 49.1 Å². The Bertz CT molecular complexity index is 230. The summed E-state index contributed by atoms with van der Waals surface area (Å²) in [5.41, 5.74) is 1.35. The summed E-state index contributed by atoms with van der Waals surface area (Å²) in [7, 11) is 0. The van der Waals surface area contributed by atoms with Crippen LogP contribution < -0.4 is 4.90 Å². The van der Waals surface area contributed by atoms with Crippen molar-refractivity contribution >= 4 is 5.69 Å². The Morgan fingerprint density at radius 3 is 2.06 bits per heavy atom.